The van der Waals surface area contributed by atoms with Crippen LogP contribution in [0, 0.1) is 13.8 Å². The van der Waals surface area contributed by atoms with E-state index >= 15 is 0 Å². The largest absolute Gasteiger partial charge is 0.256 e. The molecule has 0 N–H and O–H groups in total. The van der Waals surface area contributed by atoms with E-state index in [1.165, 1.54) is 61.1 Å². The number of hydrogen-bond donors (Lipinski definition) is 0. The molecule has 2 aromatic heterocycles. The highest BCUT2D eigenvalue weighted by Gasteiger charge is 2.15. The zero-order valence-electron chi connectivity index (χ0n) is 25.8. The molecule has 0 radical (unpaired) electrons. The summed E-state index contributed by atoms with van der Waals surface area (Å²) in [5, 5.41) is 0. The lowest BCUT2D eigenvalue weighted by Gasteiger charge is -2.17. The third-order valence-corrected chi connectivity index (χ3v) is 8.51. The molecule has 5 aromatic carbocycles. The van der Waals surface area contributed by atoms with Crippen LogP contribution in [0.25, 0.3) is 67.0 Å². The minimum absolute atomic E-state index is 0.990. The first-order chi connectivity index (χ1) is 22.0. The Morgan fingerprint density at radius 3 is 1.20 bits per heavy atom. The molecule has 0 saturated carbocycles. The molecule has 7 rings (SSSR count). The Hall–Kier alpha value is -5.54. The van der Waals surface area contributed by atoms with Gasteiger partial charge in [0, 0.05) is 23.5 Å². The lowest BCUT2D eigenvalue weighted by Crippen LogP contribution is -2.03. The smallest absolute Gasteiger partial charge is 0.139 e. The van der Waals surface area contributed by atoms with Crippen LogP contribution < -0.4 is 5.46 Å². The van der Waals surface area contributed by atoms with E-state index in [1.807, 2.05) is 36.7 Å². The summed E-state index contributed by atoms with van der Waals surface area (Å²) >= 11 is 0. The molecule has 0 atom stereocenters. The van der Waals surface area contributed by atoms with Gasteiger partial charge in [0.05, 0.1) is 11.4 Å². The average Bonchev–Trinajstić information content (AvgIpc) is 3.09. The molecule has 0 aliphatic carbocycles. The van der Waals surface area contributed by atoms with Crippen molar-refractivity contribution >= 4 is 13.3 Å². The van der Waals surface area contributed by atoms with Gasteiger partial charge in [-0.3, -0.25) is 9.97 Å². The first-order valence-corrected chi connectivity index (χ1v) is 15.4. The molecule has 214 valence electrons. The molecule has 0 saturated heterocycles. The molecule has 0 aliphatic rings. The van der Waals surface area contributed by atoms with Crippen molar-refractivity contribution in [2.75, 3.05) is 0 Å². The molecule has 0 fully saturated rings. The van der Waals surface area contributed by atoms with Gasteiger partial charge < -0.3 is 0 Å². The van der Waals surface area contributed by atoms with Gasteiger partial charge in [-0.25, -0.2) is 0 Å². The SMILES string of the molecule is Bc1cc(-c2ccccc2-c2ccc(-c3ccccn3)cc2C)cc(-c2ccccc2-c2ccc(-c3ccccn3)cc2C)c1. The van der Waals surface area contributed by atoms with E-state index in [2.05, 4.69) is 147 Å². The normalized spacial score (nSPS) is 11.0. The van der Waals surface area contributed by atoms with Gasteiger partial charge in [0.25, 0.3) is 0 Å². The highest BCUT2D eigenvalue weighted by molar-refractivity contribution is 6.33. The molecule has 0 bridgehead atoms. The van der Waals surface area contributed by atoms with Gasteiger partial charge in [-0.2, -0.15) is 0 Å². The van der Waals surface area contributed by atoms with Crippen molar-refractivity contribution in [3.8, 4) is 67.0 Å². The second kappa shape index (κ2) is 12.2. The lowest BCUT2D eigenvalue weighted by atomic mass is 9.84. The Balaban J connectivity index is 1.30. The van der Waals surface area contributed by atoms with Gasteiger partial charge in [-0.1, -0.05) is 103 Å². The Bertz CT molecular complexity index is 1980. The number of aryl methyl sites for hydroxylation is 2. The maximum atomic E-state index is 4.56. The molecule has 0 aliphatic heterocycles. The van der Waals surface area contributed by atoms with Crippen LogP contribution in [0.15, 0.2) is 152 Å². The van der Waals surface area contributed by atoms with Gasteiger partial charge in [-0.15, -0.1) is 0 Å². The van der Waals surface area contributed by atoms with Crippen molar-refractivity contribution in [3.05, 3.63) is 163 Å². The predicted molar refractivity (Wildman–Crippen MR) is 192 cm³/mol. The summed E-state index contributed by atoms with van der Waals surface area (Å²) in [4.78, 5) is 9.11. The number of pyridine rings is 2. The van der Waals surface area contributed by atoms with E-state index in [0.29, 0.717) is 0 Å². The van der Waals surface area contributed by atoms with Crippen molar-refractivity contribution in [1.29, 1.82) is 0 Å². The van der Waals surface area contributed by atoms with E-state index in [-0.39, 0.29) is 0 Å². The molecule has 3 heteroatoms. The van der Waals surface area contributed by atoms with E-state index in [0.717, 1.165) is 22.5 Å². The highest BCUT2D eigenvalue weighted by atomic mass is 14.7. The molecular formula is C42H33BN2. The van der Waals surface area contributed by atoms with Gasteiger partial charge in [-0.05, 0) is 112 Å². The third kappa shape index (κ3) is 5.73. The highest BCUT2D eigenvalue weighted by Crippen LogP contribution is 2.39. The first kappa shape index (κ1) is 28.2. The summed E-state index contributed by atoms with van der Waals surface area (Å²) in [5.74, 6) is 0. The van der Waals surface area contributed by atoms with Crippen LogP contribution >= 0.6 is 0 Å². The molecule has 7 aromatic rings. The fourth-order valence-electron chi connectivity index (χ4n) is 6.35. The van der Waals surface area contributed by atoms with Crippen molar-refractivity contribution in [3.63, 3.8) is 0 Å². The molecule has 45 heavy (non-hydrogen) atoms. The number of rotatable bonds is 6. The number of hydrogen-bond acceptors (Lipinski definition) is 2. The van der Waals surface area contributed by atoms with Crippen LogP contribution in [-0.4, -0.2) is 17.8 Å². The topological polar surface area (TPSA) is 25.8 Å². The number of aromatic nitrogens is 2. The monoisotopic (exact) mass is 576 g/mol. The average molecular weight is 577 g/mol. The van der Waals surface area contributed by atoms with E-state index < -0.39 is 0 Å². The van der Waals surface area contributed by atoms with Gasteiger partial charge in [0.1, 0.15) is 7.85 Å². The molecule has 0 spiro atoms. The molecule has 0 amide bonds. The van der Waals surface area contributed by atoms with Crippen molar-refractivity contribution in [2.45, 2.75) is 13.8 Å². The lowest BCUT2D eigenvalue weighted by molar-refractivity contribution is 1.32. The fourth-order valence-corrected chi connectivity index (χ4v) is 6.35. The van der Waals surface area contributed by atoms with Gasteiger partial charge in [0.15, 0.2) is 0 Å². The minimum Gasteiger partial charge on any atom is -0.256 e. The van der Waals surface area contributed by atoms with Crippen molar-refractivity contribution < 1.29 is 0 Å². The summed E-state index contributed by atoms with van der Waals surface area (Å²) in [6.07, 6.45) is 3.69. The van der Waals surface area contributed by atoms with E-state index in [9.17, 15) is 0 Å². The predicted octanol–water partition coefficient (Wildman–Crippen LogP) is 9.35. The Kier molecular flexibility index (Phi) is 7.67. The van der Waals surface area contributed by atoms with E-state index in [1.54, 1.807) is 0 Å². The van der Waals surface area contributed by atoms with Crippen LogP contribution in [0.3, 0.4) is 0 Å². The van der Waals surface area contributed by atoms with Crippen LogP contribution in [0.1, 0.15) is 11.1 Å². The Morgan fingerprint density at radius 2 is 0.800 bits per heavy atom. The van der Waals surface area contributed by atoms with Crippen LogP contribution in [-0.2, 0) is 0 Å². The fraction of sp³-hybridized carbons (Fsp3) is 0.0476. The van der Waals surface area contributed by atoms with Crippen LogP contribution in [0.5, 0.6) is 0 Å². The zero-order chi connectivity index (χ0) is 30.8. The van der Waals surface area contributed by atoms with Crippen molar-refractivity contribution in [1.82, 2.24) is 9.97 Å². The maximum absolute atomic E-state index is 4.56. The summed E-state index contributed by atoms with van der Waals surface area (Å²) in [6, 6.07) is 49.9. The summed E-state index contributed by atoms with van der Waals surface area (Å²) in [5.41, 5.74) is 17.7. The summed E-state index contributed by atoms with van der Waals surface area (Å²) in [7, 11) is 2.19. The maximum Gasteiger partial charge on any atom is 0.139 e. The minimum atomic E-state index is 0.990. The summed E-state index contributed by atoms with van der Waals surface area (Å²) in [6.45, 7) is 4.38. The molecule has 2 heterocycles. The first-order valence-electron chi connectivity index (χ1n) is 15.4. The zero-order valence-corrected chi connectivity index (χ0v) is 25.8. The van der Waals surface area contributed by atoms with Gasteiger partial charge in [0.2, 0.25) is 0 Å². The Labute approximate surface area is 266 Å². The van der Waals surface area contributed by atoms with Crippen molar-refractivity contribution in [2.24, 2.45) is 0 Å². The second-order valence-electron chi connectivity index (χ2n) is 11.7. The molecule has 0 unspecified atom stereocenters. The van der Waals surface area contributed by atoms with Gasteiger partial charge >= 0.3 is 0 Å². The van der Waals surface area contributed by atoms with E-state index in [4.69, 9.17) is 0 Å². The number of benzene rings is 5. The van der Waals surface area contributed by atoms with Crippen LogP contribution in [0.4, 0.5) is 0 Å². The summed E-state index contributed by atoms with van der Waals surface area (Å²) < 4.78 is 0. The number of nitrogens with zero attached hydrogens (tertiary/aromatic N) is 2. The second-order valence-corrected chi connectivity index (χ2v) is 11.7. The standard InChI is InChI=1S/C42H33BN2/c1-28-23-30(41-15-7-9-21-44-41)17-19-35(28)39-13-5-3-11-37(39)32-25-33(27-34(43)26-32)38-12-4-6-14-40(38)36-20-18-31(24-29(36)2)42-16-8-10-22-45-42/h3-27H,43H2,1-2H3. The molecular weight excluding hydrogens is 543 g/mol. The quantitative estimate of drug-likeness (QED) is 0.184. The Morgan fingerprint density at radius 1 is 0.378 bits per heavy atom. The van der Waals surface area contributed by atoms with Crippen LogP contribution in [0.2, 0.25) is 0 Å². The molecule has 2 nitrogen and oxygen atoms in total. The third-order valence-electron chi connectivity index (χ3n) is 8.51.